The van der Waals surface area contributed by atoms with Crippen molar-refractivity contribution in [2.24, 2.45) is 0 Å². The summed E-state index contributed by atoms with van der Waals surface area (Å²) in [6, 6.07) is 0. The summed E-state index contributed by atoms with van der Waals surface area (Å²) >= 11 is -5.16. The van der Waals surface area contributed by atoms with Gasteiger partial charge in [-0.15, -0.1) is 0 Å². The molecule has 0 N–H and O–H groups in total. The molecule has 0 saturated heterocycles. The fourth-order valence-electron chi connectivity index (χ4n) is 0. The van der Waals surface area contributed by atoms with Crippen LogP contribution in [0.4, 0.5) is 7.74 Å². The van der Waals surface area contributed by atoms with E-state index in [1.807, 2.05) is 0 Å². The van der Waals surface area contributed by atoms with E-state index in [0.717, 1.165) is 0 Å². The Morgan fingerprint density at radius 1 is 1.00 bits per heavy atom. The Balaban J connectivity index is -0.0000000450. The second-order valence-corrected chi connectivity index (χ2v) is 1.59. The minimum atomic E-state index is -5.16. The van der Waals surface area contributed by atoms with Gasteiger partial charge in [0.25, 0.3) is 0 Å². The van der Waals surface area contributed by atoms with E-state index >= 15 is 0 Å². The zero-order valence-corrected chi connectivity index (χ0v) is 9.53. The third-order valence-electron chi connectivity index (χ3n) is 0. The summed E-state index contributed by atoms with van der Waals surface area (Å²) < 4.78 is 29.6. The second-order valence-electron chi connectivity index (χ2n) is 0.214. The number of rotatable bonds is 0. The summed E-state index contributed by atoms with van der Waals surface area (Å²) in [6.45, 7) is 0. The fourth-order valence-corrected chi connectivity index (χ4v) is 0. The summed E-state index contributed by atoms with van der Waals surface area (Å²) in [5.74, 6) is 0. The molecule has 0 bridgehead atoms. The van der Waals surface area contributed by atoms with Gasteiger partial charge < -0.3 is 0 Å². The van der Waals surface area contributed by atoms with Crippen molar-refractivity contribution in [3.63, 3.8) is 0 Å². The van der Waals surface area contributed by atoms with Crippen LogP contribution in [0, 0.1) is 78.4 Å². The molecule has 0 spiro atoms. The Hall–Kier alpha value is 2.43. The summed E-state index contributed by atoms with van der Waals surface area (Å²) in [6.07, 6.45) is 0. The normalized spacial score (nSPS) is 4.50. The molecule has 0 aliphatic heterocycles. The van der Waals surface area contributed by atoms with Gasteiger partial charge in [0, 0.05) is 41.3 Å². The first-order chi connectivity index (χ1) is 1.73. The van der Waals surface area contributed by atoms with Crippen LogP contribution in [0.1, 0.15) is 0 Å². The molecular formula is HF4NdPr. The molecule has 0 nitrogen and oxygen atoms in total. The largest absolute Gasteiger partial charge is 0 e. The molecule has 0 unspecified atom stereocenters. The van der Waals surface area contributed by atoms with Gasteiger partial charge >= 0.3 is 40.1 Å². The van der Waals surface area contributed by atoms with E-state index in [2.05, 4.69) is 0 Å². The predicted molar refractivity (Wildman–Crippen MR) is 5.83 cm³/mol. The van der Waals surface area contributed by atoms with Crippen LogP contribution in [0.3, 0.4) is 0 Å². The molecule has 0 fully saturated rings. The first-order valence-electron chi connectivity index (χ1n) is 0.567. The van der Waals surface area contributed by atoms with Crippen LogP contribution in [0.5, 0.6) is 0 Å². The van der Waals surface area contributed by atoms with Crippen molar-refractivity contribution in [1.82, 2.24) is 0 Å². The van der Waals surface area contributed by atoms with Crippen molar-refractivity contribution in [2.75, 3.05) is 0 Å². The van der Waals surface area contributed by atoms with Crippen LogP contribution in [-0.2, 0) is 0 Å². The molecule has 6 heteroatoms. The molecule has 0 saturated carbocycles. The maximum atomic E-state index is 9.88. The quantitative estimate of drug-likeness (QED) is 0.572. The molecule has 0 aliphatic rings. The van der Waals surface area contributed by atoms with Gasteiger partial charge in [0.2, 0.25) is 0 Å². The minimum absolute atomic E-state index is 0. The summed E-state index contributed by atoms with van der Waals surface area (Å²) in [7, 11) is 0. The third-order valence-corrected chi connectivity index (χ3v) is 0. The maximum Gasteiger partial charge on any atom is 0 e. The van der Waals surface area contributed by atoms with Gasteiger partial charge in [-0.25, -0.2) is 0 Å². The molecule has 1 radical (unpaired) electrons. The molecule has 36 valence electrons. The Kier molecular flexibility index (Phi) is 27.4. The average molecular weight is 362 g/mol. The molecule has 0 aromatic carbocycles. The van der Waals surface area contributed by atoms with E-state index in [0.29, 0.717) is 0 Å². The standard InChI is InChI=1S/4FH.Nd.Pr/h4*1H;;/q;;;;+3;/p-3. The zero-order valence-electron chi connectivity index (χ0n) is 2.62. The van der Waals surface area contributed by atoms with Gasteiger partial charge in [0.1, 0.15) is 0 Å². The number of hydrogen-bond donors (Lipinski definition) is 0. The van der Waals surface area contributed by atoms with Crippen molar-refractivity contribution < 1.29 is 86.1 Å². The van der Waals surface area contributed by atoms with Crippen molar-refractivity contribution in [3.05, 3.63) is 0 Å². The molecule has 0 rings (SSSR count). The van der Waals surface area contributed by atoms with Crippen LogP contribution in [0.25, 0.3) is 0 Å². The van der Waals surface area contributed by atoms with Crippen LogP contribution in [0.15, 0.2) is 0 Å². The summed E-state index contributed by atoms with van der Waals surface area (Å²) in [5, 5.41) is 0. The first kappa shape index (κ1) is 15.8. The van der Waals surface area contributed by atoms with Crippen LogP contribution in [-0.4, -0.2) is 0 Å². The second kappa shape index (κ2) is 10.4. The minimum Gasteiger partial charge on any atom is 0 e. The Morgan fingerprint density at radius 3 is 1.00 bits per heavy atom. The monoisotopic (exact) mass is 360 g/mol. The maximum absolute atomic E-state index is 9.88. The summed E-state index contributed by atoms with van der Waals surface area (Å²) in [5.41, 5.74) is 0. The van der Waals surface area contributed by atoms with Crippen LogP contribution in [0.2, 0.25) is 0 Å². The molecule has 0 amide bonds. The molecule has 0 aliphatic carbocycles. The zero-order chi connectivity index (χ0) is 3.58. The number of halogens is 4. The van der Waals surface area contributed by atoms with E-state index in [4.69, 9.17) is 0 Å². The van der Waals surface area contributed by atoms with E-state index in [-0.39, 0.29) is 46.0 Å². The molecule has 0 aromatic heterocycles. The Labute approximate surface area is 84.0 Å². The molecule has 6 heavy (non-hydrogen) atoms. The Bertz CT molecular complexity index is 12.3. The van der Waals surface area contributed by atoms with Crippen molar-refractivity contribution in [3.8, 4) is 0 Å². The first-order valence-corrected chi connectivity index (χ1v) is 4.20. The van der Waals surface area contributed by atoms with Gasteiger partial charge in [-0.2, -0.15) is 0 Å². The molecular weight excluding hydrogens is 361 g/mol. The molecule has 0 atom stereocenters. The summed E-state index contributed by atoms with van der Waals surface area (Å²) in [4.78, 5) is 0. The van der Waals surface area contributed by atoms with Crippen molar-refractivity contribution in [2.45, 2.75) is 0 Å². The van der Waals surface area contributed by atoms with Gasteiger partial charge in [0.15, 0.2) is 0 Å². The van der Waals surface area contributed by atoms with E-state index in [9.17, 15) is 3.04 Å². The van der Waals surface area contributed by atoms with Gasteiger partial charge in [0.05, 0.1) is 0 Å². The average Bonchev–Trinajstić information content (AvgIpc) is 0.811. The van der Waals surface area contributed by atoms with Crippen molar-refractivity contribution >= 4 is 0 Å². The van der Waals surface area contributed by atoms with E-state index in [1.54, 1.807) is 0 Å². The van der Waals surface area contributed by atoms with Gasteiger partial charge in [-0.1, -0.05) is 0 Å². The third kappa shape index (κ3) is 32.1. The van der Waals surface area contributed by atoms with Gasteiger partial charge in [-0.05, 0) is 0 Å². The number of hydrogen-bond acceptors (Lipinski definition) is 0. The van der Waals surface area contributed by atoms with E-state index in [1.165, 1.54) is 0 Å². The van der Waals surface area contributed by atoms with E-state index < -0.39 is 37.1 Å². The smallest absolute Gasteiger partial charge is 0 e. The molecule has 0 heterocycles. The Morgan fingerprint density at radius 2 is 1.00 bits per heavy atom. The predicted octanol–water partition coefficient (Wildman–Crippen LogP) is 1.41. The van der Waals surface area contributed by atoms with Gasteiger partial charge in [-0.3, -0.25) is 4.70 Å². The van der Waals surface area contributed by atoms with Crippen LogP contribution < -0.4 is 0 Å². The van der Waals surface area contributed by atoms with Crippen molar-refractivity contribution in [1.29, 1.82) is 0 Å². The van der Waals surface area contributed by atoms with Crippen LogP contribution >= 0.6 is 0 Å². The topological polar surface area (TPSA) is 0 Å². The SMILES string of the molecule is F.[F][Nd]([F])[F].[Pr]. The fraction of sp³-hybridized carbons (Fsp3) is 0. The molecule has 0 aromatic rings.